The number of carbonyl (C=O) groups is 1. The number of carbonyl (C=O) groups excluding carboxylic acids is 1. The molecule has 0 atom stereocenters. The molecule has 0 bridgehead atoms. The van der Waals surface area contributed by atoms with E-state index in [4.69, 9.17) is 4.74 Å². The first kappa shape index (κ1) is 20.4. The summed E-state index contributed by atoms with van der Waals surface area (Å²) in [6.07, 6.45) is 4.14. The average Bonchev–Trinajstić information content (AvgIpc) is 3.48. The van der Waals surface area contributed by atoms with Crippen LogP contribution in [0.3, 0.4) is 0 Å². The van der Waals surface area contributed by atoms with Crippen LogP contribution >= 0.6 is 0 Å². The van der Waals surface area contributed by atoms with Gasteiger partial charge in [0.2, 0.25) is 0 Å². The first-order valence-electron chi connectivity index (χ1n) is 11.1. The number of hydrogen-bond acceptors (Lipinski definition) is 2. The number of nitrogens with zero attached hydrogens (tertiary/aromatic N) is 1. The lowest BCUT2D eigenvalue weighted by atomic mass is 9.86. The van der Waals surface area contributed by atoms with Gasteiger partial charge in [0, 0.05) is 41.3 Å². The van der Waals surface area contributed by atoms with E-state index >= 15 is 0 Å². The fourth-order valence-corrected chi connectivity index (χ4v) is 5.12. The quantitative estimate of drug-likeness (QED) is 0.502. The molecular formula is C26H27F2NO2. The summed E-state index contributed by atoms with van der Waals surface area (Å²) in [5.41, 5.74) is 4.21. The lowest BCUT2D eigenvalue weighted by molar-refractivity contribution is -0.121. The summed E-state index contributed by atoms with van der Waals surface area (Å²) in [6.45, 7) is 4.79. The molecule has 0 N–H and O–H groups in total. The molecule has 1 aliphatic heterocycles. The molecule has 2 aromatic carbocycles. The Kier molecular flexibility index (Phi) is 4.97. The molecule has 0 radical (unpaired) electrons. The summed E-state index contributed by atoms with van der Waals surface area (Å²) in [5.74, 6) is -0.0762. The number of hydrogen-bond donors (Lipinski definition) is 0. The SMILES string of the molecule is CC(=O)C1(Cc2c(C3CCOCC3)n(-c3ccc(F)c(C)c3)c3ccc(F)cc23)CC1. The molecule has 162 valence electrons. The maximum absolute atomic E-state index is 14.4. The smallest absolute Gasteiger partial charge is 0.136 e. The summed E-state index contributed by atoms with van der Waals surface area (Å²) in [6, 6.07) is 10.0. The Balaban J connectivity index is 1.79. The Bertz CT molecular complexity index is 1170. The third-order valence-electron chi connectivity index (χ3n) is 7.20. The predicted molar refractivity (Wildman–Crippen MR) is 117 cm³/mol. The molecule has 0 spiro atoms. The van der Waals surface area contributed by atoms with Gasteiger partial charge in [0.25, 0.3) is 0 Å². The molecule has 2 fully saturated rings. The fourth-order valence-electron chi connectivity index (χ4n) is 5.12. The van der Waals surface area contributed by atoms with Gasteiger partial charge in [-0.1, -0.05) is 0 Å². The Morgan fingerprint density at radius 3 is 2.52 bits per heavy atom. The topological polar surface area (TPSA) is 31.2 Å². The van der Waals surface area contributed by atoms with Crippen LogP contribution in [-0.2, 0) is 16.0 Å². The zero-order chi connectivity index (χ0) is 21.8. The number of fused-ring (bicyclic) bond motifs is 1. The van der Waals surface area contributed by atoms with Gasteiger partial charge < -0.3 is 9.30 Å². The van der Waals surface area contributed by atoms with Crippen molar-refractivity contribution in [1.29, 1.82) is 0 Å². The van der Waals surface area contributed by atoms with Crippen LogP contribution in [0.15, 0.2) is 36.4 Å². The summed E-state index contributed by atoms with van der Waals surface area (Å²) in [7, 11) is 0. The van der Waals surface area contributed by atoms with Gasteiger partial charge in [0.05, 0.1) is 5.52 Å². The normalized spacial score (nSPS) is 18.5. The Hall–Kier alpha value is -2.53. The molecule has 2 aliphatic rings. The molecule has 1 aliphatic carbocycles. The van der Waals surface area contributed by atoms with E-state index in [9.17, 15) is 13.6 Å². The van der Waals surface area contributed by atoms with Crippen molar-refractivity contribution in [2.45, 2.75) is 51.9 Å². The molecule has 1 saturated carbocycles. The molecule has 1 saturated heterocycles. The highest BCUT2D eigenvalue weighted by molar-refractivity contribution is 5.90. The third kappa shape index (κ3) is 3.49. The first-order valence-corrected chi connectivity index (χ1v) is 11.1. The highest BCUT2D eigenvalue weighted by atomic mass is 19.1. The van der Waals surface area contributed by atoms with Crippen LogP contribution in [-0.4, -0.2) is 23.6 Å². The number of Topliss-reactive ketones (excluding diaryl/α,β-unsaturated/α-hetero) is 1. The van der Waals surface area contributed by atoms with Crippen LogP contribution in [0.4, 0.5) is 8.78 Å². The molecule has 1 aromatic heterocycles. The summed E-state index contributed by atoms with van der Waals surface area (Å²) in [5, 5.41) is 0.857. The van der Waals surface area contributed by atoms with E-state index in [0.29, 0.717) is 25.2 Å². The van der Waals surface area contributed by atoms with Crippen molar-refractivity contribution in [1.82, 2.24) is 4.57 Å². The van der Waals surface area contributed by atoms with E-state index in [0.717, 1.165) is 53.5 Å². The monoisotopic (exact) mass is 423 g/mol. The molecule has 31 heavy (non-hydrogen) atoms. The minimum absolute atomic E-state index is 0.209. The van der Waals surface area contributed by atoms with Crippen LogP contribution in [0.25, 0.3) is 16.6 Å². The van der Waals surface area contributed by atoms with Gasteiger partial charge in [-0.15, -0.1) is 0 Å². The largest absolute Gasteiger partial charge is 0.381 e. The number of aromatic nitrogens is 1. The number of ketones is 1. The number of halogens is 2. The molecule has 0 unspecified atom stereocenters. The van der Waals surface area contributed by atoms with E-state index in [1.165, 1.54) is 12.1 Å². The van der Waals surface area contributed by atoms with Crippen molar-refractivity contribution >= 4 is 16.7 Å². The van der Waals surface area contributed by atoms with Gasteiger partial charge in [-0.05, 0) is 93.5 Å². The molecule has 5 heteroatoms. The predicted octanol–water partition coefficient (Wildman–Crippen LogP) is 6.02. The van der Waals surface area contributed by atoms with Crippen LogP contribution in [0.5, 0.6) is 0 Å². The number of ether oxygens (including phenoxy) is 1. The maximum atomic E-state index is 14.4. The third-order valence-corrected chi connectivity index (χ3v) is 7.20. The van der Waals surface area contributed by atoms with Crippen molar-refractivity contribution in [2.24, 2.45) is 5.41 Å². The maximum Gasteiger partial charge on any atom is 0.136 e. The second-order valence-corrected chi connectivity index (χ2v) is 9.19. The lowest BCUT2D eigenvalue weighted by Gasteiger charge is -2.26. The van der Waals surface area contributed by atoms with E-state index in [2.05, 4.69) is 4.57 Å². The van der Waals surface area contributed by atoms with Gasteiger partial charge >= 0.3 is 0 Å². The van der Waals surface area contributed by atoms with Crippen molar-refractivity contribution in [3.63, 3.8) is 0 Å². The molecule has 3 aromatic rings. The zero-order valence-corrected chi connectivity index (χ0v) is 18.0. The number of rotatable bonds is 5. The second-order valence-electron chi connectivity index (χ2n) is 9.19. The van der Waals surface area contributed by atoms with Crippen LogP contribution in [0.2, 0.25) is 0 Å². The van der Waals surface area contributed by atoms with Crippen LogP contribution in [0, 0.1) is 24.0 Å². The van der Waals surface area contributed by atoms with Crippen LogP contribution < -0.4 is 0 Å². The minimum atomic E-state index is -0.329. The fraction of sp³-hybridized carbons (Fsp3) is 0.423. The Labute approximate surface area is 181 Å². The Morgan fingerprint density at radius 2 is 1.87 bits per heavy atom. The molecule has 5 rings (SSSR count). The van der Waals surface area contributed by atoms with Crippen LogP contribution in [0.1, 0.15) is 55.3 Å². The number of benzene rings is 2. The summed E-state index contributed by atoms with van der Waals surface area (Å²) >= 11 is 0. The van der Waals surface area contributed by atoms with E-state index < -0.39 is 0 Å². The van der Waals surface area contributed by atoms with E-state index in [1.807, 2.05) is 12.1 Å². The summed E-state index contributed by atoms with van der Waals surface area (Å²) in [4.78, 5) is 12.4. The minimum Gasteiger partial charge on any atom is -0.381 e. The van der Waals surface area contributed by atoms with Gasteiger partial charge in [0.1, 0.15) is 17.4 Å². The highest BCUT2D eigenvalue weighted by Crippen LogP contribution is 2.52. The first-order chi connectivity index (χ1) is 14.9. The van der Waals surface area contributed by atoms with Crippen molar-refractivity contribution in [3.8, 4) is 5.69 Å². The standard InChI is InChI=1S/C26H27F2NO2/c1-16-13-20(4-5-23(16)28)29-24-6-3-19(27)14-21(24)22(15-26(9-10-26)17(2)30)25(29)18-7-11-31-12-8-18/h3-6,13-14,18H,7-12,15H2,1-2H3. The lowest BCUT2D eigenvalue weighted by Crippen LogP contribution is -2.21. The van der Waals surface area contributed by atoms with Crippen molar-refractivity contribution in [3.05, 3.63) is 64.9 Å². The van der Waals surface area contributed by atoms with Gasteiger partial charge in [0.15, 0.2) is 0 Å². The zero-order valence-electron chi connectivity index (χ0n) is 18.0. The average molecular weight is 424 g/mol. The molecule has 0 amide bonds. The van der Waals surface area contributed by atoms with Gasteiger partial charge in [-0.3, -0.25) is 4.79 Å². The van der Waals surface area contributed by atoms with Gasteiger partial charge in [-0.25, -0.2) is 8.78 Å². The number of aryl methyl sites for hydroxylation is 1. The van der Waals surface area contributed by atoms with E-state index in [1.54, 1.807) is 26.0 Å². The Morgan fingerprint density at radius 1 is 1.13 bits per heavy atom. The van der Waals surface area contributed by atoms with Gasteiger partial charge in [-0.2, -0.15) is 0 Å². The molecular weight excluding hydrogens is 396 g/mol. The summed E-state index contributed by atoms with van der Waals surface area (Å²) < 4.78 is 36.2. The second kappa shape index (κ2) is 7.56. The molecule has 3 nitrogen and oxygen atoms in total. The highest BCUT2D eigenvalue weighted by Gasteiger charge is 2.48. The van der Waals surface area contributed by atoms with E-state index in [-0.39, 0.29) is 28.8 Å². The van der Waals surface area contributed by atoms with Crippen molar-refractivity contribution in [2.75, 3.05) is 13.2 Å². The molecule has 2 heterocycles. The van der Waals surface area contributed by atoms with Crippen molar-refractivity contribution < 1.29 is 18.3 Å².